The fourth-order valence-electron chi connectivity index (χ4n) is 3.06. The maximum atomic E-state index is 12.8. The predicted octanol–water partition coefficient (Wildman–Crippen LogP) is 2.99. The van der Waals surface area contributed by atoms with Gasteiger partial charge in [0.05, 0.1) is 5.92 Å². The molecule has 2 heterocycles. The number of hydrogen-bond acceptors (Lipinski definition) is 5. The van der Waals surface area contributed by atoms with Crippen LogP contribution in [0.4, 0.5) is 11.4 Å². The Bertz CT molecular complexity index is 922. The summed E-state index contributed by atoms with van der Waals surface area (Å²) in [6.07, 6.45) is 1.33. The van der Waals surface area contributed by atoms with Crippen LogP contribution < -0.4 is 11.1 Å². The highest BCUT2D eigenvalue weighted by Crippen LogP contribution is 2.29. The fraction of sp³-hybridized carbons (Fsp3) is 0.389. The van der Waals surface area contributed by atoms with Crippen molar-refractivity contribution in [2.45, 2.75) is 30.9 Å². The lowest BCUT2D eigenvalue weighted by molar-refractivity contribution is -0.120. The van der Waals surface area contributed by atoms with Crippen LogP contribution in [0, 0.1) is 19.8 Å². The largest absolute Gasteiger partial charge is 0.399 e. The second kappa shape index (κ2) is 7.38. The number of thiophene rings is 1. The summed E-state index contributed by atoms with van der Waals surface area (Å²) in [5.41, 5.74) is 7.95. The van der Waals surface area contributed by atoms with Crippen molar-refractivity contribution in [2.75, 3.05) is 24.1 Å². The van der Waals surface area contributed by atoms with Crippen molar-refractivity contribution in [2.24, 2.45) is 5.92 Å². The van der Waals surface area contributed by atoms with E-state index < -0.39 is 10.0 Å². The molecule has 1 amide bonds. The number of anilines is 2. The van der Waals surface area contributed by atoms with Gasteiger partial charge in [0.2, 0.25) is 5.91 Å². The molecule has 1 saturated heterocycles. The first kappa shape index (κ1) is 18.9. The van der Waals surface area contributed by atoms with Crippen molar-refractivity contribution in [3.8, 4) is 0 Å². The van der Waals surface area contributed by atoms with Crippen LogP contribution in [0.5, 0.6) is 0 Å². The van der Waals surface area contributed by atoms with Gasteiger partial charge in [0, 0.05) is 29.3 Å². The van der Waals surface area contributed by atoms with E-state index >= 15 is 0 Å². The molecule has 0 spiro atoms. The van der Waals surface area contributed by atoms with E-state index in [0.717, 1.165) is 10.4 Å². The molecule has 1 aliphatic heterocycles. The van der Waals surface area contributed by atoms with E-state index in [1.54, 1.807) is 24.3 Å². The third-order valence-electron chi connectivity index (χ3n) is 4.58. The Morgan fingerprint density at radius 1 is 1.27 bits per heavy atom. The van der Waals surface area contributed by atoms with Crippen molar-refractivity contribution in [1.29, 1.82) is 0 Å². The normalized spacial score (nSPS) is 18.6. The van der Waals surface area contributed by atoms with Gasteiger partial charge in [-0.05, 0) is 56.5 Å². The quantitative estimate of drug-likeness (QED) is 0.781. The van der Waals surface area contributed by atoms with Crippen LogP contribution in [-0.2, 0) is 14.8 Å². The number of amides is 1. The van der Waals surface area contributed by atoms with E-state index in [0.29, 0.717) is 35.0 Å². The zero-order chi connectivity index (χ0) is 18.9. The van der Waals surface area contributed by atoms with E-state index in [9.17, 15) is 13.2 Å². The number of benzene rings is 1. The molecule has 140 valence electrons. The van der Waals surface area contributed by atoms with Crippen LogP contribution in [0.15, 0.2) is 34.5 Å². The lowest BCUT2D eigenvalue weighted by Crippen LogP contribution is -2.43. The first-order chi connectivity index (χ1) is 12.3. The zero-order valence-electron chi connectivity index (χ0n) is 14.9. The molecule has 1 aromatic carbocycles. The van der Waals surface area contributed by atoms with E-state index in [1.807, 2.05) is 19.9 Å². The van der Waals surface area contributed by atoms with Gasteiger partial charge in [0.25, 0.3) is 10.0 Å². The lowest BCUT2D eigenvalue weighted by Gasteiger charge is -2.31. The Morgan fingerprint density at radius 3 is 2.73 bits per heavy atom. The Kier molecular flexibility index (Phi) is 5.36. The maximum absolute atomic E-state index is 12.8. The lowest BCUT2D eigenvalue weighted by atomic mass is 9.98. The SMILES string of the molecule is Cc1ccc(S(=O)(=O)N2CCCC(C(=O)Nc3cc(N)ccc3C)C2)s1. The third-order valence-corrected chi connectivity index (χ3v) is 7.92. The van der Waals surface area contributed by atoms with Crippen molar-refractivity contribution in [1.82, 2.24) is 4.31 Å². The topological polar surface area (TPSA) is 92.5 Å². The van der Waals surface area contributed by atoms with E-state index in [4.69, 9.17) is 5.73 Å². The average Bonchev–Trinajstić information content (AvgIpc) is 3.05. The van der Waals surface area contributed by atoms with Crippen LogP contribution >= 0.6 is 11.3 Å². The maximum Gasteiger partial charge on any atom is 0.252 e. The van der Waals surface area contributed by atoms with Gasteiger partial charge in [-0.1, -0.05) is 6.07 Å². The number of piperidine rings is 1. The fourth-order valence-corrected chi connectivity index (χ4v) is 6.02. The Hall–Kier alpha value is -1.90. The second-order valence-electron chi connectivity index (χ2n) is 6.63. The third kappa shape index (κ3) is 3.92. The Balaban J connectivity index is 1.74. The molecule has 1 aliphatic rings. The van der Waals surface area contributed by atoms with Gasteiger partial charge in [-0.3, -0.25) is 4.79 Å². The van der Waals surface area contributed by atoms with Crippen LogP contribution in [-0.4, -0.2) is 31.7 Å². The summed E-state index contributed by atoms with van der Waals surface area (Å²) in [7, 11) is -3.54. The molecule has 8 heteroatoms. The molecular formula is C18H23N3O3S2. The number of carbonyl (C=O) groups excluding carboxylic acids is 1. The number of carbonyl (C=O) groups is 1. The van der Waals surface area contributed by atoms with E-state index in [1.165, 1.54) is 15.6 Å². The molecule has 3 N–H and O–H groups in total. The standard InChI is InChI=1S/C18H23N3O3S2/c1-12-5-7-15(19)10-16(12)20-18(22)14-4-3-9-21(11-14)26(23,24)17-8-6-13(2)25-17/h5-8,10,14H,3-4,9,11,19H2,1-2H3,(H,20,22). The molecule has 0 saturated carbocycles. The minimum atomic E-state index is -3.54. The summed E-state index contributed by atoms with van der Waals surface area (Å²) in [5.74, 6) is -0.540. The van der Waals surface area contributed by atoms with Crippen molar-refractivity contribution in [3.63, 3.8) is 0 Å². The summed E-state index contributed by atoms with van der Waals surface area (Å²) < 4.78 is 27.4. The molecule has 1 fully saturated rings. The van der Waals surface area contributed by atoms with Gasteiger partial charge < -0.3 is 11.1 Å². The smallest absolute Gasteiger partial charge is 0.252 e. The number of nitrogen functional groups attached to an aromatic ring is 1. The Labute approximate surface area is 158 Å². The number of sulfonamides is 1. The van der Waals surface area contributed by atoms with Crippen molar-refractivity contribution in [3.05, 3.63) is 40.8 Å². The van der Waals surface area contributed by atoms with Gasteiger partial charge in [0.15, 0.2) is 0 Å². The molecule has 1 aromatic heterocycles. The van der Waals surface area contributed by atoms with Crippen LogP contribution in [0.1, 0.15) is 23.3 Å². The number of nitrogens with two attached hydrogens (primary N) is 1. The highest BCUT2D eigenvalue weighted by molar-refractivity contribution is 7.91. The summed E-state index contributed by atoms with van der Waals surface area (Å²) >= 11 is 1.26. The van der Waals surface area contributed by atoms with Crippen LogP contribution in [0.2, 0.25) is 0 Å². The van der Waals surface area contributed by atoms with Gasteiger partial charge in [-0.2, -0.15) is 4.31 Å². The molecule has 0 aliphatic carbocycles. The van der Waals surface area contributed by atoms with E-state index in [-0.39, 0.29) is 18.4 Å². The highest BCUT2D eigenvalue weighted by atomic mass is 32.2. The van der Waals surface area contributed by atoms with Gasteiger partial charge in [0.1, 0.15) is 4.21 Å². The number of hydrogen-bond donors (Lipinski definition) is 2. The summed E-state index contributed by atoms with van der Waals surface area (Å²) in [6, 6.07) is 8.78. The molecule has 2 aromatic rings. The first-order valence-corrected chi connectivity index (χ1v) is 10.8. The van der Waals surface area contributed by atoms with Crippen LogP contribution in [0.3, 0.4) is 0 Å². The zero-order valence-corrected chi connectivity index (χ0v) is 16.5. The van der Waals surface area contributed by atoms with E-state index in [2.05, 4.69) is 5.32 Å². The summed E-state index contributed by atoms with van der Waals surface area (Å²) in [4.78, 5) is 13.6. The van der Waals surface area contributed by atoms with Crippen LogP contribution in [0.25, 0.3) is 0 Å². The van der Waals surface area contributed by atoms with Crippen molar-refractivity contribution >= 4 is 38.6 Å². The molecule has 0 radical (unpaired) electrons. The number of nitrogens with zero attached hydrogens (tertiary/aromatic N) is 1. The molecule has 26 heavy (non-hydrogen) atoms. The van der Waals surface area contributed by atoms with Gasteiger partial charge in [-0.15, -0.1) is 11.3 Å². The molecule has 3 rings (SSSR count). The van der Waals surface area contributed by atoms with Gasteiger partial charge >= 0.3 is 0 Å². The minimum Gasteiger partial charge on any atom is -0.399 e. The second-order valence-corrected chi connectivity index (χ2v) is 10.1. The number of rotatable bonds is 4. The predicted molar refractivity (Wildman–Crippen MR) is 105 cm³/mol. The molecule has 1 unspecified atom stereocenters. The average molecular weight is 394 g/mol. The molecule has 6 nitrogen and oxygen atoms in total. The Morgan fingerprint density at radius 2 is 2.04 bits per heavy atom. The molecule has 0 bridgehead atoms. The monoisotopic (exact) mass is 393 g/mol. The molecule has 1 atom stereocenters. The van der Waals surface area contributed by atoms with Gasteiger partial charge in [-0.25, -0.2) is 8.42 Å². The van der Waals surface area contributed by atoms with Crippen molar-refractivity contribution < 1.29 is 13.2 Å². The minimum absolute atomic E-state index is 0.166. The number of nitrogens with one attached hydrogen (secondary N) is 1. The summed E-state index contributed by atoms with van der Waals surface area (Å²) in [6.45, 7) is 4.42. The first-order valence-electron chi connectivity index (χ1n) is 8.51. The highest BCUT2D eigenvalue weighted by Gasteiger charge is 2.34. The summed E-state index contributed by atoms with van der Waals surface area (Å²) in [5, 5.41) is 2.90. The number of aryl methyl sites for hydroxylation is 2. The molecular weight excluding hydrogens is 370 g/mol.